The molecule has 1 aliphatic rings. The second-order valence-corrected chi connectivity index (χ2v) is 7.60. The summed E-state index contributed by atoms with van der Waals surface area (Å²) in [6, 6.07) is 18.8. The summed E-state index contributed by atoms with van der Waals surface area (Å²) in [4.78, 5) is 12.1. The van der Waals surface area contributed by atoms with E-state index in [1.54, 1.807) is 6.08 Å². The van der Waals surface area contributed by atoms with Crippen molar-refractivity contribution in [2.75, 3.05) is 5.32 Å². The van der Waals surface area contributed by atoms with Gasteiger partial charge < -0.3 is 5.32 Å². The first kappa shape index (κ1) is 16.5. The Labute approximate surface area is 144 Å². The van der Waals surface area contributed by atoms with Crippen molar-refractivity contribution in [3.63, 3.8) is 0 Å². The van der Waals surface area contributed by atoms with Crippen molar-refractivity contribution in [3.05, 3.63) is 77.5 Å². The summed E-state index contributed by atoms with van der Waals surface area (Å²) >= 11 is 0. The number of carbonyl (C=O) groups excluding carboxylic acids is 1. The highest BCUT2D eigenvalue weighted by Gasteiger charge is 2.22. The number of ketones is 1. The Hall–Kier alpha value is -2.35. The topological polar surface area (TPSA) is 29.1 Å². The minimum atomic E-state index is 0.150. The van der Waals surface area contributed by atoms with Crippen LogP contribution in [0.5, 0.6) is 0 Å². The molecule has 0 amide bonds. The molecule has 124 valence electrons. The van der Waals surface area contributed by atoms with Crippen molar-refractivity contribution in [1.82, 2.24) is 0 Å². The summed E-state index contributed by atoms with van der Waals surface area (Å²) in [6.45, 7) is 6.63. The molecule has 0 aliphatic heterocycles. The lowest BCUT2D eigenvalue weighted by Crippen LogP contribution is -2.17. The summed E-state index contributed by atoms with van der Waals surface area (Å²) < 4.78 is 0. The lowest BCUT2D eigenvalue weighted by Gasteiger charge is -2.24. The van der Waals surface area contributed by atoms with Crippen LogP contribution in [0.2, 0.25) is 0 Å². The van der Waals surface area contributed by atoms with Gasteiger partial charge in [0.1, 0.15) is 0 Å². The smallest absolute Gasteiger partial charge is 0.158 e. The van der Waals surface area contributed by atoms with E-state index < -0.39 is 0 Å². The molecule has 24 heavy (non-hydrogen) atoms. The van der Waals surface area contributed by atoms with E-state index in [9.17, 15) is 4.79 Å². The molecular weight excluding hydrogens is 294 g/mol. The van der Waals surface area contributed by atoms with Crippen molar-refractivity contribution in [2.45, 2.75) is 44.9 Å². The van der Waals surface area contributed by atoms with Gasteiger partial charge in [-0.1, -0.05) is 63.2 Å². The van der Waals surface area contributed by atoms with Gasteiger partial charge in [-0.05, 0) is 41.0 Å². The fourth-order valence-corrected chi connectivity index (χ4v) is 3.18. The van der Waals surface area contributed by atoms with Crippen molar-refractivity contribution in [3.8, 4) is 0 Å². The number of hydrogen-bond donors (Lipinski definition) is 1. The van der Waals surface area contributed by atoms with Crippen LogP contribution in [0, 0.1) is 0 Å². The third-order valence-corrected chi connectivity index (χ3v) is 4.58. The second-order valence-electron chi connectivity index (χ2n) is 7.60. The van der Waals surface area contributed by atoms with Gasteiger partial charge in [-0.15, -0.1) is 0 Å². The number of hydrogen-bond acceptors (Lipinski definition) is 2. The molecule has 2 aromatic rings. The zero-order valence-electron chi connectivity index (χ0n) is 14.7. The maximum atomic E-state index is 12.1. The van der Waals surface area contributed by atoms with E-state index in [1.807, 2.05) is 18.2 Å². The quantitative estimate of drug-likeness (QED) is 0.817. The lowest BCUT2D eigenvalue weighted by molar-refractivity contribution is -0.115. The minimum absolute atomic E-state index is 0.150. The first-order valence-corrected chi connectivity index (χ1v) is 8.58. The zero-order valence-corrected chi connectivity index (χ0v) is 14.7. The molecule has 2 heteroatoms. The molecule has 1 unspecified atom stereocenters. The number of allylic oxidation sites excluding steroid dienone is 2. The largest absolute Gasteiger partial charge is 0.359 e. The van der Waals surface area contributed by atoms with E-state index in [-0.39, 0.29) is 17.1 Å². The number of carbonyl (C=O) groups is 1. The van der Waals surface area contributed by atoms with Crippen molar-refractivity contribution >= 4 is 11.5 Å². The lowest BCUT2D eigenvalue weighted by atomic mass is 9.85. The fourth-order valence-electron chi connectivity index (χ4n) is 3.18. The van der Waals surface area contributed by atoms with E-state index in [1.165, 1.54) is 11.1 Å². The molecule has 2 aromatic carbocycles. The van der Waals surface area contributed by atoms with E-state index in [4.69, 9.17) is 0 Å². The van der Waals surface area contributed by atoms with Gasteiger partial charge in [0.05, 0.1) is 0 Å². The van der Waals surface area contributed by atoms with Gasteiger partial charge in [0, 0.05) is 23.9 Å². The standard InChI is InChI=1S/C22H25NO/c1-22(2,3)18-9-11-19(12-10-18)23-20-13-17(14-21(24)15-20)16-7-5-4-6-8-16/h4-12,15,17,23H,13-14H2,1-3H3. The Kier molecular flexibility index (Phi) is 4.57. The number of rotatable bonds is 3. The Balaban J connectivity index is 1.74. The third kappa shape index (κ3) is 3.94. The predicted octanol–water partition coefficient (Wildman–Crippen LogP) is 5.43. The van der Waals surface area contributed by atoms with Crippen LogP contribution in [-0.4, -0.2) is 5.78 Å². The summed E-state index contributed by atoms with van der Waals surface area (Å²) in [5, 5.41) is 3.43. The Bertz CT molecular complexity index is 736. The second kappa shape index (κ2) is 6.64. The van der Waals surface area contributed by atoms with Crippen molar-refractivity contribution in [1.29, 1.82) is 0 Å². The molecule has 1 atom stereocenters. The van der Waals surface area contributed by atoms with Crippen LogP contribution >= 0.6 is 0 Å². The minimum Gasteiger partial charge on any atom is -0.359 e. The van der Waals surface area contributed by atoms with Crippen LogP contribution in [0.4, 0.5) is 5.69 Å². The van der Waals surface area contributed by atoms with Crippen LogP contribution in [0.1, 0.15) is 50.7 Å². The van der Waals surface area contributed by atoms with E-state index in [2.05, 4.69) is 62.5 Å². The van der Waals surface area contributed by atoms with Gasteiger partial charge in [-0.3, -0.25) is 4.79 Å². The van der Waals surface area contributed by atoms with E-state index in [0.29, 0.717) is 6.42 Å². The highest BCUT2D eigenvalue weighted by Crippen LogP contribution is 2.32. The molecular formula is C22H25NO. The summed E-state index contributed by atoms with van der Waals surface area (Å²) in [7, 11) is 0. The average molecular weight is 319 g/mol. The molecule has 0 spiro atoms. The van der Waals surface area contributed by atoms with Crippen molar-refractivity contribution in [2.24, 2.45) is 0 Å². The molecule has 1 aliphatic carbocycles. The molecule has 0 heterocycles. The van der Waals surface area contributed by atoms with E-state index >= 15 is 0 Å². The Morgan fingerprint density at radius 3 is 2.21 bits per heavy atom. The Morgan fingerprint density at radius 2 is 1.58 bits per heavy atom. The molecule has 3 rings (SSSR count). The maximum Gasteiger partial charge on any atom is 0.158 e. The summed E-state index contributed by atoms with van der Waals surface area (Å²) in [5.74, 6) is 0.462. The highest BCUT2D eigenvalue weighted by molar-refractivity contribution is 5.92. The predicted molar refractivity (Wildman–Crippen MR) is 100 cm³/mol. The SMILES string of the molecule is CC(C)(C)c1ccc(NC2=CC(=O)CC(c3ccccc3)C2)cc1. The monoisotopic (exact) mass is 319 g/mol. The van der Waals surface area contributed by atoms with Crippen LogP contribution in [0.25, 0.3) is 0 Å². The van der Waals surface area contributed by atoms with Crippen LogP contribution in [-0.2, 0) is 10.2 Å². The molecule has 0 aromatic heterocycles. The summed E-state index contributed by atoms with van der Waals surface area (Å²) in [6.07, 6.45) is 3.23. The van der Waals surface area contributed by atoms with Gasteiger partial charge in [0.15, 0.2) is 5.78 Å². The van der Waals surface area contributed by atoms with Crippen molar-refractivity contribution < 1.29 is 4.79 Å². The third-order valence-electron chi connectivity index (χ3n) is 4.58. The first-order valence-electron chi connectivity index (χ1n) is 8.58. The molecule has 0 bridgehead atoms. The van der Waals surface area contributed by atoms with Crippen LogP contribution in [0.15, 0.2) is 66.4 Å². The first-order chi connectivity index (χ1) is 11.4. The average Bonchev–Trinajstić information content (AvgIpc) is 2.55. The highest BCUT2D eigenvalue weighted by atomic mass is 16.1. The van der Waals surface area contributed by atoms with E-state index in [0.717, 1.165) is 17.8 Å². The Morgan fingerprint density at radius 1 is 0.917 bits per heavy atom. The van der Waals surface area contributed by atoms with Crippen LogP contribution < -0.4 is 5.32 Å². The molecule has 0 radical (unpaired) electrons. The zero-order chi connectivity index (χ0) is 17.2. The fraction of sp³-hybridized carbons (Fsp3) is 0.318. The van der Waals surface area contributed by atoms with Gasteiger partial charge in [0.25, 0.3) is 0 Å². The number of anilines is 1. The van der Waals surface area contributed by atoms with Gasteiger partial charge >= 0.3 is 0 Å². The van der Waals surface area contributed by atoms with Gasteiger partial charge in [-0.25, -0.2) is 0 Å². The molecule has 0 saturated carbocycles. The molecule has 1 N–H and O–H groups in total. The van der Waals surface area contributed by atoms with Crippen LogP contribution in [0.3, 0.4) is 0 Å². The molecule has 2 nitrogen and oxygen atoms in total. The number of benzene rings is 2. The number of nitrogens with one attached hydrogen (secondary N) is 1. The maximum absolute atomic E-state index is 12.1. The summed E-state index contributed by atoms with van der Waals surface area (Å²) in [5.41, 5.74) is 4.74. The van der Waals surface area contributed by atoms with Gasteiger partial charge in [0.2, 0.25) is 0 Å². The molecule has 0 fully saturated rings. The van der Waals surface area contributed by atoms with Gasteiger partial charge in [-0.2, -0.15) is 0 Å². The molecule has 0 saturated heterocycles. The normalized spacial score (nSPS) is 18.2.